The van der Waals surface area contributed by atoms with Crippen LogP contribution in [-0.4, -0.2) is 30.4 Å². The highest BCUT2D eigenvalue weighted by Crippen LogP contribution is 2.28. The Morgan fingerprint density at radius 2 is 1.90 bits per heavy atom. The number of methoxy groups -OCH3 is 1. The second kappa shape index (κ2) is 5.49. The predicted octanol–water partition coefficient (Wildman–Crippen LogP) is 1.34. The standard InChI is InChI=1S/C12H16N4O3S/c1-9(2)10-4-5-11(19-3)12(6-10)20(17,18)15-16-7-13-14-8-16/h4-9,15H,1-3H3. The second-order valence-corrected chi connectivity index (χ2v) is 6.16. The van der Waals surface area contributed by atoms with Crippen LogP contribution in [-0.2, 0) is 10.0 Å². The summed E-state index contributed by atoms with van der Waals surface area (Å²) in [6.45, 7) is 3.98. The van der Waals surface area contributed by atoms with Gasteiger partial charge in [-0.15, -0.1) is 10.2 Å². The van der Waals surface area contributed by atoms with E-state index in [1.807, 2.05) is 19.9 Å². The number of ether oxygens (including phenoxy) is 1. The smallest absolute Gasteiger partial charge is 0.279 e. The van der Waals surface area contributed by atoms with Crippen LogP contribution < -0.4 is 9.57 Å². The lowest BCUT2D eigenvalue weighted by atomic mass is 10.0. The molecule has 20 heavy (non-hydrogen) atoms. The minimum absolute atomic E-state index is 0.0832. The third-order valence-corrected chi connectivity index (χ3v) is 4.14. The van der Waals surface area contributed by atoms with E-state index < -0.39 is 10.0 Å². The van der Waals surface area contributed by atoms with Gasteiger partial charge >= 0.3 is 0 Å². The van der Waals surface area contributed by atoms with Crippen molar-refractivity contribution in [2.45, 2.75) is 24.7 Å². The summed E-state index contributed by atoms with van der Waals surface area (Å²) in [7, 11) is -2.34. The number of nitrogens with one attached hydrogen (secondary N) is 1. The molecule has 0 unspecified atom stereocenters. The van der Waals surface area contributed by atoms with E-state index in [0.29, 0.717) is 0 Å². The van der Waals surface area contributed by atoms with E-state index in [9.17, 15) is 8.42 Å². The van der Waals surface area contributed by atoms with Crippen molar-refractivity contribution in [2.75, 3.05) is 11.9 Å². The van der Waals surface area contributed by atoms with E-state index in [1.165, 1.54) is 19.8 Å². The average molecular weight is 296 g/mol. The highest BCUT2D eigenvalue weighted by Gasteiger charge is 2.21. The Hall–Kier alpha value is -2.09. The van der Waals surface area contributed by atoms with Crippen LogP contribution in [0.1, 0.15) is 25.3 Å². The molecule has 0 saturated heterocycles. The highest BCUT2D eigenvalue weighted by atomic mass is 32.2. The molecule has 8 heteroatoms. The maximum Gasteiger partial charge on any atom is 0.279 e. The number of hydrogen-bond acceptors (Lipinski definition) is 5. The predicted molar refractivity (Wildman–Crippen MR) is 73.7 cm³/mol. The van der Waals surface area contributed by atoms with Crippen LogP contribution in [0.5, 0.6) is 5.75 Å². The Morgan fingerprint density at radius 1 is 1.25 bits per heavy atom. The number of sulfonamides is 1. The van der Waals surface area contributed by atoms with Crippen LogP contribution >= 0.6 is 0 Å². The minimum atomic E-state index is -3.77. The van der Waals surface area contributed by atoms with Gasteiger partial charge in [0.2, 0.25) is 0 Å². The van der Waals surface area contributed by atoms with Gasteiger partial charge in [0.1, 0.15) is 23.3 Å². The summed E-state index contributed by atoms with van der Waals surface area (Å²) in [4.78, 5) is 2.42. The first-order chi connectivity index (χ1) is 9.44. The van der Waals surface area contributed by atoms with Crippen molar-refractivity contribution in [1.82, 2.24) is 14.9 Å². The molecule has 1 N–H and O–H groups in total. The molecule has 0 bridgehead atoms. The van der Waals surface area contributed by atoms with Gasteiger partial charge in [-0.1, -0.05) is 19.9 Å². The molecule has 0 amide bonds. The first-order valence-electron chi connectivity index (χ1n) is 5.99. The summed E-state index contributed by atoms with van der Waals surface area (Å²) in [6, 6.07) is 5.10. The van der Waals surface area contributed by atoms with E-state index in [2.05, 4.69) is 15.0 Å². The van der Waals surface area contributed by atoms with Gasteiger partial charge < -0.3 is 4.74 Å². The molecular formula is C12H16N4O3S. The molecule has 2 rings (SSSR count). The fourth-order valence-electron chi connectivity index (χ4n) is 1.70. The van der Waals surface area contributed by atoms with Crippen molar-refractivity contribution in [3.63, 3.8) is 0 Å². The molecule has 2 aromatic rings. The van der Waals surface area contributed by atoms with Crippen LogP contribution in [0.4, 0.5) is 0 Å². The topological polar surface area (TPSA) is 86.1 Å². The van der Waals surface area contributed by atoms with Crippen molar-refractivity contribution in [3.05, 3.63) is 36.4 Å². The fraction of sp³-hybridized carbons (Fsp3) is 0.333. The Kier molecular flexibility index (Phi) is 3.93. The van der Waals surface area contributed by atoms with Gasteiger partial charge in [-0.25, -0.2) is 9.51 Å². The van der Waals surface area contributed by atoms with Gasteiger partial charge in [-0.05, 0) is 23.6 Å². The molecule has 0 spiro atoms. The lowest BCUT2D eigenvalue weighted by molar-refractivity contribution is 0.402. The normalized spacial score (nSPS) is 11.6. The molecule has 7 nitrogen and oxygen atoms in total. The Bertz CT molecular complexity index is 681. The van der Waals surface area contributed by atoms with E-state index in [0.717, 1.165) is 10.2 Å². The molecule has 0 atom stereocenters. The van der Waals surface area contributed by atoms with Gasteiger partial charge in [-0.3, -0.25) is 0 Å². The highest BCUT2D eigenvalue weighted by molar-refractivity contribution is 7.92. The van der Waals surface area contributed by atoms with Crippen LogP contribution in [0.15, 0.2) is 35.7 Å². The monoisotopic (exact) mass is 296 g/mol. The fourth-order valence-corrected chi connectivity index (χ4v) is 2.88. The molecule has 0 aliphatic carbocycles. The van der Waals surface area contributed by atoms with Crippen molar-refractivity contribution in [2.24, 2.45) is 0 Å². The van der Waals surface area contributed by atoms with Crippen molar-refractivity contribution in [1.29, 1.82) is 0 Å². The van der Waals surface area contributed by atoms with Crippen molar-refractivity contribution in [3.8, 4) is 5.75 Å². The van der Waals surface area contributed by atoms with Gasteiger partial charge in [0, 0.05) is 0 Å². The molecular weight excluding hydrogens is 280 g/mol. The number of aromatic nitrogens is 3. The van der Waals surface area contributed by atoms with Crippen LogP contribution in [0.3, 0.4) is 0 Å². The van der Waals surface area contributed by atoms with Gasteiger partial charge in [-0.2, -0.15) is 8.42 Å². The summed E-state index contributed by atoms with van der Waals surface area (Å²) in [5.41, 5.74) is 0.912. The summed E-state index contributed by atoms with van der Waals surface area (Å²) in [5, 5.41) is 7.09. The quantitative estimate of drug-likeness (QED) is 0.900. The first kappa shape index (κ1) is 14.3. The Balaban J connectivity index is 2.46. The molecule has 108 valence electrons. The van der Waals surface area contributed by atoms with E-state index in [1.54, 1.807) is 12.1 Å². The molecule has 0 saturated carbocycles. The minimum Gasteiger partial charge on any atom is -0.495 e. The first-order valence-corrected chi connectivity index (χ1v) is 7.47. The van der Waals surface area contributed by atoms with Gasteiger partial charge in [0.15, 0.2) is 0 Å². The van der Waals surface area contributed by atoms with Crippen LogP contribution in [0.25, 0.3) is 0 Å². The number of rotatable bonds is 5. The number of benzene rings is 1. The second-order valence-electron chi connectivity index (χ2n) is 4.53. The van der Waals surface area contributed by atoms with Gasteiger partial charge in [0.05, 0.1) is 7.11 Å². The summed E-state index contributed by atoms with van der Waals surface area (Å²) >= 11 is 0. The Labute approximate surface area is 117 Å². The third-order valence-electron chi connectivity index (χ3n) is 2.79. The molecule has 0 aliphatic rings. The molecule has 0 fully saturated rings. The van der Waals surface area contributed by atoms with Crippen LogP contribution in [0.2, 0.25) is 0 Å². The SMILES string of the molecule is COc1ccc(C(C)C)cc1S(=O)(=O)Nn1cnnc1. The summed E-state index contributed by atoms with van der Waals surface area (Å²) in [5.74, 6) is 0.500. The zero-order valence-corrected chi connectivity index (χ0v) is 12.3. The lowest BCUT2D eigenvalue weighted by Crippen LogP contribution is -2.22. The molecule has 1 heterocycles. The van der Waals surface area contributed by atoms with E-state index >= 15 is 0 Å². The third kappa shape index (κ3) is 2.90. The van der Waals surface area contributed by atoms with Crippen LogP contribution in [0, 0.1) is 0 Å². The molecule has 1 aromatic heterocycles. The van der Waals surface area contributed by atoms with Crippen molar-refractivity contribution < 1.29 is 13.2 Å². The van der Waals surface area contributed by atoms with Gasteiger partial charge in [0.25, 0.3) is 10.0 Å². The molecule has 0 radical (unpaired) electrons. The van der Waals surface area contributed by atoms with E-state index in [4.69, 9.17) is 4.74 Å². The zero-order valence-electron chi connectivity index (χ0n) is 11.4. The lowest BCUT2D eigenvalue weighted by Gasteiger charge is -2.14. The maximum absolute atomic E-state index is 12.4. The average Bonchev–Trinajstić information content (AvgIpc) is 2.90. The summed E-state index contributed by atoms with van der Waals surface area (Å²) < 4.78 is 31.1. The maximum atomic E-state index is 12.4. The molecule has 1 aromatic carbocycles. The summed E-state index contributed by atoms with van der Waals surface area (Å²) in [6.07, 6.45) is 2.52. The molecule has 0 aliphatic heterocycles. The van der Waals surface area contributed by atoms with Crippen molar-refractivity contribution >= 4 is 10.0 Å². The zero-order chi connectivity index (χ0) is 14.8. The Morgan fingerprint density at radius 3 is 2.45 bits per heavy atom. The number of nitrogens with zero attached hydrogens (tertiary/aromatic N) is 3. The van der Waals surface area contributed by atoms with E-state index in [-0.39, 0.29) is 16.6 Å². The largest absolute Gasteiger partial charge is 0.495 e. The number of hydrogen-bond donors (Lipinski definition) is 1.